The topological polar surface area (TPSA) is 81.7 Å². The summed E-state index contributed by atoms with van der Waals surface area (Å²) in [6.07, 6.45) is -0.750. The van der Waals surface area contributed by atoms with Crippen LogP contribution in [-0.4, -0.2) is 38.1 Å². The molecule has 6 nitrogen and oxygen atoms in total. The standard InChI is InChI=1S/C15H17F2NO5/c1-22-14(20)7-6-12(15(21)23-2)18-13(19)8-9-10(16)4-3-5-11(9)17/h3-5,12H,6-8H2,1-2H3,(H,18,19)/t12-/m0/s1. The van der Waals surface area contributed by atoms with Gasteiger partial charge < -0.3 is 14.8 Å². The molecular formula is C15H17F2NO5. The molecule has 0 unspecified atom stereocenters. The zero-order valence-electron chi connectivity index (χ0n) is 12.7. The third kappa shape index (κ3) is 5.65. The zero-order chi connectivity index (χ0) is 17.4. The molecule has 126 valence electrons. The summed E-state index contributed by atoms with van der Waals surface area (Å²) in [6.45, 7) is 0. The number of amides is 1. The van der Waals surface area contributed by atoms with Gasteiger partial charge in [0.25, 0.3) is 0 Å². The summed E-state index contributed by atoms with van der Waals surface area (Å²) in [5.74, 6) is -3.81. The second kappa shape index (κ2) is 8.82. The Morgan fingerprint density at radius 1 is 1.13 bits per heavy atom. The van der Waals surface area contributed by atoms with Crippen molar-refractivity contribution in [1.82, 2.24) is 5.32 Å². The van der Waals surface area contributed by atoms with Crippen LogP contribution in [0.4, 0.5) is 8.78 Å². The van der Waals surface area contributed by atoms with Gasteiger partial charge in [-0.1, -0.05) is 6.07 Å². The largest absolute Gasteiger partial charge is 0.469 e. The lowest BCUT2D eigenvalue weighted by atomic mass is 10.1. The van der Waals surface area contributed by atoms with Gasteiger partial charge in [-0.05, 0) is 18.6 Å². The highest BCUT2D eigenvalue weighted by Crippen LogP contribution is 2.13. The van der Waals surface area contributed by atoms with E-state index >= 15 is 0 Å². The van der Waals surface area contributed by atoms with Crippen molar-refractivity contribution >= 4 is 17.8 Å². The van der Waals surface area contributed by atoms with Crippen LogP contribution >= 0.6 is 0 Å². The van der Waals surface area contributed by atoms with Gasteiger partial charge >= 0.3 is 11.9 Å². The Morgan fingerprint density at radius 2 is 1.74 bits per heavy atom. The lowest BCUT2D eigenvalue weighted by molar-refractivity contribution is -0.146. The Labute approximate surface area is 131 Å². The van der Waals surface area contributed by atoms with Gasteiger partial charge in [0.1, 0.15) is 17.7 Å². The predicted octanol–water partition coefficient (Wildman–Crippen LogP) is 1.12. The fourth-order valence-electron chi connectivity index (χ4n) is 1.86. The Balaban J connectivity index is 2.73. The van der Waals surface area contributed by atoms with Crippen LogP contribution in [-0.2, 0) is 30.3 Å². The zero-order valence-corrected chi connectivity index (χ0v) is 12.7. The molecule has 0 aliphatic carbocycles. The summed E-state index contributed by atoms with van der Waals surface area (Å²) >= 11 is 0. The van der Waals surface area contributed by atoms with E-state index in [2.05, 4.69) is 14.8 Å². The molecule has 1 N–H and O–H groups in total. The van der Waals surface area contributed by atoms with Crippen LogP contribution in [0.3, 0.4) is 0 Å². The molecule has 0 saturated carbocycles. The molecule has 0 aromatic heterocycles. The predicted molar refractivity (Wildman–Crippen MR) is 75.3 cm³/mol. The second-order valence-corrected chi connectivity index (χ2v) is 4.64. The van der Waals surface area contributed by atoms with Crippen molar-refractivity contribution in [2.45, 2.75) is 25.3 Å². The molecule has 1 rings (SSSR count). The minimum absolute atomic E-state index is 0.0508. The lowest BCUT2D eigenvalue weighted by Crippen LogP contribution is -2.42. The third-order valence-electron chi connectivity index (χ3n) is 3.08. The maximum atomic E-state index is 13.5. The highest BCUT2D eigenvalue weighted by molar-refractivity contribution is 5.86. The molecule has 0 heterocycles. The fraction of sp³-hybridized carbons (Fsp3) is 0.400. The summed E-state index contributed by atoms with van der Waals surface area (Å²) in [5.41, 5.74) is -0.401. The molecule has 0 radical (unpaired) electrons. The van der Waals surface area contributed by atoms with Gasteiger partial charge in [-0.15, -0.1) is 0 Å². The van der Waals surface area contributed by atoms with E-state index in [9.17, 15) is 23.2 Å². The summed E-state index contributed by atoms with van der Waals surface area (Å²) in [5, 5.41) is 2.30. The van der Waals surface area contributed by atoms with E-state index in [4.69, 9.17) is 0 Å². The van der Waals surface area contributed by atoms with Crippen LogP contribution in [0.2, 0.25) is 0 Å². The molecule has 0 fully saturated rings. The number of carbonyl (C=O) groups is 3. The van der Waals surface area contributed by atoms with E-state index in [-0.39, 0.29) is 12.8 Å². The highest BCUT2D eigenvalue weighted by Gasteiger charge is 2.23. The molecule has 0 aliphatic heterocycles. The number of hydrogen-bond donors (Lipinski definition) is 1. The Bertz CT molecular complexity index is 571. The maximum absolute atomic E-state index is 13.5. The quantitative estimate of drug-likeness (QED) is 0.758. The van der Waals surface area contributed by atoms with E-state index in [0.717, 1.165) is 19.2 Å². The summed E-state index contributed by atoms with van der Waals surface area (Å²) in [4.78, 5) is 34.6. The highest BCUT2D eigenvalue weighted by atomic mass is 19.1. The average molecular weight is 329 g/mol. The molecule has 1 atom stereocenters. The van der Waals surface area contributed by atoms with Crippen molar-refractivity contribution in [3.05, 3.63) is 35.4 Å². The van der Waals surface area contributed by atoms with Gasteiger partial charge in [-0.3, -0.25) is 9.59 Å². The van der Waals surface area contributed by atoms with Crippen molar-refractivity contribution in [2.24, 2.45) is 0 Å². The van der Waals surface area contributed by atoms with Crippen LogP contribution in [0.25, 0.3) is 0 Å². The molecule has 1 aromatic rings. The smallest absolute Gasteiger partial charge is 0.328 e. The van der Waals surface area contributed by atoms with Crippen molar-refractivity contribution in [3.63, 3.8) is 0 Å². The van der Waals surface area contributed by atoms with Crippen molar-refractivity contribution in [3.8, 4) is 0 Å². The van der Waals surface area contributed by atoms with E-state index < -0.39 is 47.5 Å². The Hall–Kier alpha value is -2.51. The molecule has 8 heteroatoms. The average Bonchev–Trinajstić information content (AvgIpc) is 2.53. The third-order valence-corrected chi connectivity index (χ3v) is 3.08. The Morgan fingerprint density at radius 3 is 2.26 bits per heavy atom. The number of ether oxygens (including phenoxy) is 2. The monoisotopic (exact) mass is 329 g/mol. The number of halogens is 2. The number of hydrogen-bond acceptors (Lipinski definition) is 5. The molecule has 1 amide bonds. The summed E-state index contributed by atoms with van der Waals surface area (Å²) < 4.78 is 36.0. The molecule has 1 aromatic carbocycles. The van der Waals surface area contributed by atoms with E-state index in [1.807, 2.05) is 0 Å². The number of carbonyl (C=O) groups excluding carboxylic acids is 3. The van der Waals surface area contributed by atoms with Gasteiger partial charge in [0, 0.05) is 12.0 Å². The number of benzene rings is 1. The molecule has 0 bridgehead atoms. The minimum Gasteiger partial charge on any atom is -0.469 e. The minimum atomic E-state index is -1.11. The van der Waals surface area contributed by atoms with Crippen LogP contribution in [0.1, 0.15) is 18.4 Å². The van der Waals surface area contributed by atoms with Crippen LogP contribution in [0, 0.1) is 11.6 Å². The second-order valence-electron chi connectivity index (χ2n) is 4.64. The first-order chi connectivity index (χ1) is 10.9. The maximum Gasteiger partial charge on any atom is 0.328 e. The number of esters is 2. The van der Waals surface area contributed by atoms with Crippen molar-refractivity contribution < 1.29 is 32.6 Å². The Kier molecular flexibility index (Phi) is 7.11. The number of methoxy groups -OCH3 is 2. The van der Waals surface area contributed by atoms with Gasteiger partial charge in [-0.25, -0.2) is 13.6 Å². The van der Waals surface area contributed by atoms with E-state index in [1.165, 1.54) is 13.2 Å². The lowest BCUT2D eigenvalue weighted by Gasteiger charge is -2.16. The van der Waals surface area contributed by atoms with E-state index in [0.29, 0.717) is 0 Å². The summed E-state index contributed by atoms with van der Waals surface area (Å²) in [6, 6.07) is 2.13. The van der Waals surface area contributed by atoms with Gasteiger partial charge in [0.15, 0.2) is 0 Å². The van der Waals surface area contributed by atoms with Gasteiger partial charge in [-0.2, -0.15) is 0 Å². The first-order valence-electron chi connectivity index (χ1n) is 6.76. The normalized spacial score (nSPS) is 11.5. The molecular weight excluding hydrogens is 312 g/mol. The number of nitrogens with one attached hydrogen (secondary N) is 1. The fourth-order valence-corrected chi connectivity index (χ4v) is 1.86. The van der Waals surface area contributed by atoms with Crippen LogP contribution in [0.15, 0.2) is 18.2 Å². The molecule has 0 aliphatic rings. The first-order valence-corrected chi connectivity index (χ1v) is 6.76. The van der Waals surface area contributed by atoms with Gasteiger partial charge in [0.2, 0.25) is 5.91 Å². The van der Waals surface area contributed by atoms with Crippen LogP contribution in [0.5, 0.6) is 0 Å². The van der Waals surface area contributed by atoms with Crippen molar-refractivity contribution in [1.29, 1.82) is 0 Å². The van der Waals surface area contributed by atoms with Crippen molar-refractivity contribution in [2.75, 3.05) is 14.2 Å². The van der Waals surface area contributed by atoms with E-state index in [1.54, 1.807) is 0 Å². The summed E-state index contributed by atoms with van der Waals surface area (Å²) in [7, 11) is 2.31. The SMILES string of the molecule is COC(=O)CC[C@H](NC(=O)Cc1c(F)cccc1F)C(=O)OC. The molecule has 0 saturated heterocycles. The van der Waals surface area contributed by atoms with Crippen LogP contribution < -0.4 is 5.32 Å². The molecule has 0 spiro atoms. The number of rotatable bonds is 7. The van der Waals surface area contributed by atoms with Gasteiger partial charge in [0.05, 0.1) is 20.6 Å². The molecule has 23 heavy (non-hydrogen) atoms. The first kappa shape index (κ1) is 18.5.